The van der Waals surface area contributed by atoms with Gasteiger partial charge in [-0.3, -0.25) is 0 Å². The van der Waals surface area contributed by atoms with E-state index in [0.29, 0.717) is 37.8 Å². The van der Waals surface area contributed by atoms with Crippen LogP contribution in [0, 0.1) is 5.41 Å². The van der Waals surface area contributed by atoms with E-state index in [2.05, 4.69) is 34.6 Å². The van der Waals surface area contributed by atoms with Crippen molar-refractivity contribution in [2.45, 2.75) is 38.2 Å². The molecule has 8 heteroatoms. The van der Waals surface area contributed by atoms with Gasteiger partial charge in [0.15, 0.2) is 0 Å². The minimum Gasteiger partial charge on any atom is -0.383 e. The highest BCUT2D eigenvalue weighted by Gasteiger charge is 2.24. The molecule has 4 aromatic rings. The van der Waals surface area contributed by atoms with Crippen LogP contribution in [0.15, 0.2) is 88.5 Å². The average Bonchev–Trinajstić information content (AvgIpc) is 3.71. The summed E-state index contributed by atoms with van der Waals surface area (Å²) >= 11 is 3.19. The molecule has 1 saturated heterocycles. The molecule has 196 valence electrons. The van der Waals surface area contributed by atoms with Crippen molar-refractivity contribution in [3.8, 4) is 0 Å². The van der Waals surface area contributed by atoms with Gasteiger partial charge in [0.25, 0.3) is 0 Å². The van der Waals surface area contributed by atoms with E-state index in [1.54, 1.807) is 22.7 Å². The van der Waals surface area contributed by atoms with Crippen molar-refractivity contribution in [2.75, 3.05) is 13.2 Å². The van der Waals surface area contributed by atoms with Gasteiger partial charge >= 0.3 is 0 Å². The van der Waals surface area contributed by atoms with Crippen LogP contribution in [0.1, 0.15) is 32.9 Å². The van der Waals surface area contributed by atoms with Crippen LogP contribution in [0.2, 0.25) is 0 Å². The van der Waals surface area contributed by atoms with E-state index >= 15 is 0 Å². The number of nitrogens with one attached hydrogen (secondary N) is 2. The predicted octanol–water partition coefficient (Wildman–Crippen LogP) is 5.92. The Morgan fingerprint density at radius 3 is 2.45 bits per heavy atom. The van der Waals surface area contributed by atoms with Crippen molar-refractivity contribution in [1.82, 2.24) is 5.32 Å². The van der Waals surface area contributed by atoms with Crippen LogP contribution in [-0.2, 0) is 29.1 Å². The molecule has 2 unspecified atom stereocenters. The lowest BCUT2D eigenvalue weighted by molar-refractivity contribution is 0.0471. The maximum absolute atomic E-state index is 8.34. The smallest absolute Gasteiger partial charge is 0.141 e. The van der Waals surface area contributed by atoms with E-state index in [9.17, 15) is 0 Å². The van der Waals surface area contributed by atoms with Gasteiger partial charge in [-0.25, -0.2) is 4.99 Å². The molecule has 2 aromatic carbocycles. The van der Waals surface area contributed by atoms with Crippen LogP contribution in [0.25, 0.3) is 0 Å². The Bertz CT molecular complexity index is 1350. The third kappa shape index (κ3) is 7.46. The van der Waals surface area contributed by atoms with E-state index in [1.807, 2.05) is 59.3 Å². The molecule has 5 rings (SSSR count). The van der Waals surface area contributed by atoms with Gasteiger partial charge in [0.1, 0.15) is 5.84 Å². The Morgan fingerprint density at radius 2 is 1.66 bits per heavy atom. The van der Waals surface area contributed by atoms with Gasteiger partial charge in [-0.2, -0.15) is 0 Å². The second-order valence-electron chi connectivity index (χ2n) is 9.39. The largest absolute Gasteiger partial charge is 0.383 e. The zero-order valence-corrected chi connectivity index (χ0v) is 22.8. The van der Waals surface area contributed by atoms with Crippen molar-refractivity contribution in [2.24, 2.45) is 10.7 Å². The van der Waals surface area contributed by atoms with Crippen LogP contribution >= 0.6 is 22.7 Å². The quantitative estimate of drug-likeness (QED) is 0.152. The summed E-state index contributed by atoms with van der Waals surface area (Å²) in [6.07, 6.45) is 1.72. The highest BCUT2D eigenvalue weighted by Crippen LogP contribution is 2.19. The molecule has 2 atom stereocenters. The number of amidine groups is 1. The fourth-order valence-corrected chi connectivity index (χ4v) is 5.78. The summed E-state index contributed by atoms with van der Waals surface area (Å²) in [6, 6.07) is 24.6. The Labute approximate surface area is 231 Å². The molecule has 6 nitrogen and oxygen atoms in total. The first kappa shape index (κ1) is 26.5. The second-order valence-corrected chi connectivity index (χ2v) is 11.3. The Balaban J connectivity index is 1.04. The minimum absolute atomic E-state index is 0.162. The Hall–Kier alpha value is -3.14. The molecule has 0 aliphatic carbocycles. The molecule has 3 heterocycles. The van der Waals surface area contributed by atoms with Gasteiger partial charge in [0.2, 0.25) is 0 Å². The number of hydrogen-bond donors (Lipinski definition) is 3. The second kappa shape index (κ2) is 13.1. The summed E-state index contributed by atoms with van der Waals surface area (Å²) < 4.78 is 12.2. The van der Waals surface area contributed by atoms with Crippen molar-refractivity contribution in [1.29, 1.82) is 5.41 Å². The zero-order valence-electron chi connectivity index (χ0n) is 21.1. The van der Waals surface area contributed by atoms with Crippen LogP contribution in [0.4, 0.5) is 5.69 Å². The standard InChI is InChI=1S/C30H32N4O2S2/c31-27(28-9-3-11-37-28)15-21-5-1-6-22(13-21)19-36-26-16-25(33-17-26)20-35-18-23-7-2-8-24(14-23)34-30(32)29-10-4-12-38-29/h1-14,25-26,31,33H,15-20H2,(H2,32,34). The Kier molecular flexibility index (Phi) is 9.11. The summed E-state index contributed by atoms with van der Waals surface area (Å²) in [6.45, 7) is 2.55. The molecule has 38 heavy (non-hydrogen) atoms. The third-order valence-electron chi connectivity index (χ3n) is 6.38. The van der Waals surface area contributed by atoms with Crippen LogP contribution in [0.3, 0.4) is 0 Å². The third-order valence-corrected chi connectivity index (χ3v) is 8.20. The molecule has 1 aliphatic heterocycles. The van der Waals surface area contributed by atoms with Gasteiger partial charge in [0.05, 0.1) is 42.2 Å². The van der Waals surface area contributed by atoms with Crippen LogP contribution < -0.4 is 11.1 Å². The Morgan fingerprint density at radius 1 is 0.921 bits per heavy atom. The SMILES string of the molecule is N=C(Cc1cccc(COC2CNC(COCc3cccc(N=C(N)c4cccs4)c3)C2)c1)c1cccs1. The van der Waals surface area contributed by atoms with Crippen molar-refractivity contribution in [3.63, 3.8) is 0 Å². The normalized spacial score (nSPS) is 17.6. The first-order valence-corrected chi connectivity index (χ1v) is 14.5. The minimum atomic E-state index is 0.162. The van der Waals surface area contributed by atoms with E-state index in [1.165, 1.54) is 0 Å². The van der Waals surface area contributed by atoms with Gasteiger partial charge < -0.3 is 25.9 Å². The van der Waals surface area contributed by atoms with E-state index in [0.717, 1.165) is 45.1 Å². The average molecular weight is 545 g/mol. The molecule has 2 aromatic heterocycles. The fraction of sp³-hybridized carbons (Fsp3) is 0.267. The molecule has 4 N–H and O–H groups in total. The lowest BCUT2D eigenvalue weighted by Crippen LogP contribution is -2.26. The fourth-order valence-electron chi connectivity index (χ4n) is 4.47. The van der Waals surface area contributed by atoms with Crippen molar-refractivity contribution in [3.05, 3.63) is 110 Å². The number of benzene rings is 2. The van der Waals surface area contributed by atoms with Crippen LogP contribution in [0.5, 0.6) is 0 Å². The zero-order chi connectivity index (χ0) is 26.2. The summed E-state index contributed by atoms with van der Waals surface area (Å²) in [5.41, 5.74) is 11.0. The number of aliphatic imine (C=N–C) groups is 1. The van der Waals surface area contributed by atoms with Gasteiger partial charge in [-0.1, -0.05) is 48.5 Å². The van der Waals surface area contributed by atoms with E-state index in [4.69, 9.17) is 20.6 Å². The van der Waals surface area contributed by atoms with Crippen molar-refractivity contribution >= 4 is 39.9 Å². The first-order valence-electron chi connectivity index (χ1n) is 12.7. The molecular weight excluding hydrogens is 512 g/mol. The molecule has 1 fully saturated rings. The van der Waals surface area contributed by atoms with Crippen molar-refractivity contribution < 1.29 is 9.47 Å². The summed E-state index contributed by atoms with van der Waals surface area (Å²) in [5, 5.41) is 15.9. The molecule has 0 saturated carbocycles. The number of hydrogen-bond acceptors (Lipinski definition) is 7. The number of thiophene rings is 2. The molecule has 1 aliphatic rings. The highest BCUT2D eigenvalue weighted by atomic mass is 32.1. The predicted molar refractivity (Wildman–Crippen MR) is 157 cm³/mol. The van der Waals surface area contributed by atoms with E-state index < -0.39 is 0 Å². The number of ether oxygens (including phenoxy) is 2. The molecule has 0 bridgehead atoms. The molecule has 0 amide bonds. The molecule has 0 spiro atoms. The van der Waals surface area contributed by atoms with Gasteiger partial charge in [-0.15, -0.1) is 22.7 Å². The lowest BCUT2D eigenvalue weighted by Gasteiger charge is -2.13. The van der Waals surface area contributed by atoms with E-state index in [-0.39, 0.29) is 12.1 Å². The lowest BCUT2D eigenvalue weighted by atomic mass is 10.0. The maximum atomic E-state index is 8.34. The summed E-state index contributed by atoms with van der Waals surface area (Å²) in [5.74, 6) is 0.531. The molecule has 0 radical (unpaired) electrons. The summed E-state index contributed by atoms with van der Waals surface area (Å²) in [7, 11) is 0. The number of nitrogens with two attached hydrogens (primary N) is 1. The molecular formula is C30H32N4O2S2. The first-order chi connectivity index (χ1) is 18.6. The van der Waals surface area contributed by atoms with Gasteiger partial charge in [-0.05, 0) is 58.1 Å². The number of nitrogens with zero attached hydrogens (tertiary/aromatic N) is 1. The monoisotopic (exact) mass is 544 g/mol. The maximum Gasteiger partial charge on any atom is 0.141 e. The highest BCUT2D eigenvalue weighted by molar-refractivity contribution is 7.12. The summed E-state index contributed by atoms with van der Waals surface area (Å²) in [4.78, 5) is 6.54. The number of rotatable bonds is 12. The van der Waals surface area contributed by atoms with Crippen LogP contribution in [-0.4, -0.2) is 36.8 Å². The van der Waals surface area contributed by atoms with Gasteiger partial charge in [0, 0.05) is 23.9 Å². The topological polar surface area (TPSA) is 92.7 Å².